The van der Waals surface area contributed by atoms with Crippen LogP contribution in [0.25, 0.3) is 0 Å². The second-order valence-corrected chi connectivity index (χ2v) is 4.75. The van der Waals surface area contributed by atoms with E-state index in [0.717, 1.165) is 0 Å². The van der Waals surface area contributed by atoms with Gasteiger partial charge in [-0.2, -0.15) is 0 Å². The van der Waals surface area contributed by atoms with E-state index in [1.807, 2.05) is 6.92 Å². The fraction of sp³-hybridized carbons (Fsp3) is 0.692. The number of carboxylic acids is 1. The van der Waals surface area contributed by atoms with E-state index in [-0.39, 0.29) is 24.3 Å². The van der Waals surface area contributed by atoms with Crippen LogP contribution in [0.2, 0.25) is 0 Å². The zero-order valence-electron chi connectivity index (χ0n) is 10.9. The lowest BCUT2D eigenvalue weighted by molar-refractivity contribution is -0.153. The molecule has 2 N–H and O–H groups in total. The van der Waals surface area contributed by atoms with Crippen molar-refractivity contribution >= 4 is 11.9 Å². The smallest absolute Gasteiger partial charge is 0.310 e. The summed E-state index contributed by atoms with van der Waals surface area (Å²) in [4.78, 5) is 22.9. The molecule has 2 atom stereocenters. The quantitative estimate of drug-likeness (QED) is 0.693. The third-order valence-corrected chi connectivity index (χ3v) is 3.24. The minimum atomic E-state index is -1.06. The molecule has 1 amide bonds. The third-order valence-electron chi connectivity index (χ3n) is 3.24. The molecule has 4 nitrogen and oxygen atoms in total. The molecule has 0 radical (unpaired) electrons. The van der Waals surface area contributed by atoms with Crippen LogP contribution < -0.4 is 5.32 Å². The number of hydrogen-bond acceptors (Lipinski definition) is 2. The predicted molar refractivity (Wildman–Crippen MR) is 66.3 cm³/mol. The minimum Gasteiger partial charge on any atom is -0.481 e. The Morgan fingerprint density at radius 1 is 1.47 bits per heavy atom. The van der Waals surface area contributed by atoms with Crippen molar-refractivity contribution in [1.29, 1.82) is 0 Å². The molecule has 0 rings (SSSR count). The van der Waals surface area contributed by atoms with E-state index in [4.69, 9.17) is 6.42 Å². The number of rotatable bonds is 6. The van der Waals surface area contributed by atoms with E-state index in [1.165, 1.54) is 0 Å². The van der Waals surface area contributed by atoms with E-state index >= 15 is 0 Å². The van der Waals surface area contributed by atoms with Gasteiger partial charge in [0, 0.05) is 6.42 Å². The lowest BCUT2D eigenvalue weighted by Gasteiger charge is -2.28. The van der Waals surface area contributed by atoms with Crippen LogP contribution >= 0.6 is 0 Å². The molecule has 0 aromatic heterocycles. The van der Waals surface area contributed by atoms with Crippen molar-refractivity contribution in [3.8, 4) is 12.3 Å². The van der Waals surface area contributed by atoms with Gasteiger partial charge in [-0.25, -0.2) is 0 Å². The molecule has 0 aliphatic heterocycles. The molecule has 0 saturated heterocycles. The van der Waals surface area contributed by atoms with E-state index < -0.39 is 11.4 Å². The standard InChI is InChI=1S/C13H21NO3/c1-6-10(7-2)14-11(15)8-13(5,9(3)4)12(16)17/h1,9-10H,7-8H2,2-5H3,(H,14,15)(H,16,17). The molecular formula is C13H21NO3. The van der Waals surface area contributed by atoms with Crippen LogP contribution in [0.3, 0.4) is 0 Å². The molecule has 0 heterocycles. The first-order valence-corrected chi connectivity index (χ1v) is 5.76. The van der Waals surface area contributed by atoms with Crippen molar-refractivity contribution in [2.24, 2.45) is 11.3 Å². The second-order valence-electron chi connectivity index (χ2n) is 4.75. The zero-order chi connectivity index (χ0) is 13.6. The Morgan fingerprint density at radius 2 is 2.00 bits per heavy atom. The summed E-state index contributed by atoms with van der Waals surface area (Å²) in [6, 6.07) is -0.326. The van der Waals surface area contributed by atoms with Gasteiger partial charge in [-0.05, 0) is 19.3 Å². The van der Waals surface area contributed by atoms with Gasteiger partial charge in [-0.3, -0.25) is 9.59 Å². The van der Waals surface area contributed by atoms with Crippen LogP contribution in [0.5, 0.6) is 0 Å². The summed E-state index contributed by atoms with van der Waals surface area (Å²) in [5.74, 6) is 1.05. The number of nitrogens with one attached hydrogen (secondary N) is 1. The SMILES string of the molecule is C#CC(CC)NC(=O)CC(C)(C(=O)O)C(C)C. The summed E-state index contributed by atoms with van der Waals surface area (Å²) in [5.41, 5.74) is -1.06. The highest BCUT2D eigenvalue weighted by Crippen LogP contribution is 2.31. The fourth-order valence-corrected chi connectivity index (χ4v) is 1.37. The van der Waals surface area contributed by atoms with Crippen molar-refractivity contribution in [2.75, 3.05) is 0 Å². The molecule has 17 heavy (non-hydrogen) atoms. The molecule has 0 spiro atoms. The minimum absolute atomic E-state index is 0.0574. The largest absolute Gasteiger partial charge is 0.481 e. The van der Waals surface area contributed by atoms with Gasteiger partial charge in [0.15, 0.2) is 0 Å². The lowest BCUT2D eigenvalue weighted by Crippen LogP contribution is -2.41. The van der Waals surface area contributed by atoms with Crippen molar-refractivity contribution < 1.29 is 14.7 Å². The van der Waals surface area contributed by atoms with Gasteiger partial charge in [-0.1, -0.05) is 26.7 Å². The van der Waals surface area contributed by atoms with Crippen LogP contribution in [-0.4, -0.2) is 23.0 Å². The van der Waals surface area contributed by atoms with Crippen molar-refractivity contribution in [3.63, 3.8) is 0 Å². The first-order chi connectivity index (χ1) is 7.77. The number of terminal acetylenes is 1. The van der Waals surface area contributed by atoms with E-state index in [2.05, 4.69) is 11.2 Å². The number of hydrogen-bond donors (Lipinski definition) is 2. The highest BCUT2D eigenvalue weighted by molar-refractivity contribution is 5.85. The zero-order valence-corrected chi connectivity index (χ0v) is 10.9. The normalized spacial score (nSPS) is 15.8. The second kappa shape index (κ2) is 6.29. The van der Waals surface area contributed by atoms with E-state index in [9.17, 15) is 14.7 Å². The molecular weight excluding hydrogens is 218 g/mol. The van der Waals surface area contributed by atoms with Crippen LogP contribution in [-0.2, 0) is 9.59 Å². The summed E-state index contributed by atoms with van der Waals surface area (Å²) in [7, 11) is 0. The Balaban J connectivity index is 4.65. The lowest BCUT2D eigenvalue weighted by atomic mass is 9.76. The highest BCUT2D eigenvalue weighted by Gasteiger charge is 2.38. The van der Waals surface area contributed by atoms with Crippen LogP contribution in [0.15, 0.2) is 0 Å². The molecule has 0 aromatic rings. The summed E-state index contributed by atoms with van der Waals surface area (Å²) >= 11 is 0. The number of carbonyl (C=O) groups is 2. The van der Waals surface area contributed by atoms with Crippen molar-refractivity contribution in [1.82, 2.24) is 5.32 Å². The summed E-state index contributed by atoms with van der Waals surface area (Å²) in [6.07, 6.45) is 5.81. The molecule has 0 aliphatic rings. The molecule has 0 saturated carbocycles. The Labute approximate surface area is 103 Å². The van der Waals surface area contributed by atoms with Gasteiger partial charge in [0.05, 0.1) is 11.5 Å². The number of amides is 1. The first-order valence-electron chi connectivity index (χ1n) is 5.76. The number of carbonyl (C=O) groups excluding carboxylic acids is 1. The van der Waals surface area contributed by atoms with Crippen molar-refractivity contribution in [2.45, 2.75) is 46.6 Å². The van der Waals surface area contributed by atoms with Gasteiger partial charge in [0.1, 0.15) is 0 Å². The van der Waals surface area contributed by atoms with Gasteiger partial charge >= 0.3 is 5.97 Å². The van der Waals surface area contributed by atoms with Gasteiger partial charge in [-0.15, -0.1) is 6.42 Å². The maximum Gasteiger partial charge on any atom is 0.310 e. The first kappa shape index (κ1) is 15.5. The highest BCUT2D eigenvalue weighted by atomic mass is 16.4. The molecule has 0 aliphatic carbocycles. The van der Waals surface area contributed by atoms with Crippen LogP contribution in [0.4, 0.5) is 0 Å². The molecule has 0 bridgehead atoms. The molecule has 0 aromatic carbocycles. The summed E-state index contributed by atoms with van der Waals surface area (Å²) < 4.78 is 0. The maximum atomic E-state index is 11.7. The van der Waals surface area contributed by atoms with Crippen molar-refractivity contribution in [3.05, 3.63) is 0 Å². The average Bonchev–Trinajstić information content (AvgIpc) is 2.25. The Kier molecular flexibility index (Phi) is 5.73. The van der Waals surface area contributed by atoms with E-state index in [1.54, 1.807) is 20.8 Å². The Hall–Kier alpha value is -1.50. The molecule has 4 heteroatoms. The Bertz CT molecular complexity index is 330. The van der Waals surface area contributed by atoms with Gasteiger partial charge in [0.2, 0.25) is 5.91 Å². The number of aliphatic carboxylic acids is 1. The topological polar surface area (TPSA) is 66.4 Å². The molecule has 2 unspecified atom stereocenters. The van der Waals surface area contributed by atoms with Crippen LogP contribution in [0, 0.1) is 23.7 Å². The predicted octanol–water partition coefficient (Wildman–Crippen LogP) is 1.65. The summed E-state index contributed by atoms with van der Waals surface area (Å²) in [5, 5.41) is 11.8. The number of carboxylic acid groups (broad SMARTS) is 1. The van der Waals surface area contributed by atoms with E-state index in [0.29, 0.717) is 6.42 Å². The monoisotopic (exact) mass is 239 g/mol. The third kappa shape index (κ3) is 4.10. The van der Waals surface area contributed by atoms with Gasteiger partial charge < -0.3 is 10.4 Å². The van der Waals surface area contributed by atoms with Crippen LogP contribution in [0.1, 0.15) is 40.5 Å². The Morgan fingerprint density at radius 3 is 2.29 bits per heavy atom. The maximum absolute atomic E-state index is 11.7. The summed E-state index contributed by atoms with van der Waals surface area (Å²) in [6.45, 7) is 7.03. The average molecular weight is 239 g/mol. The molecule has 0 fully saturated rings. The fourth-order valence-electron chi connectivity index (χ4n) is 1.37. The molecule has 96 valence electrons. The van der Waals surface area contributed by atoms with Gasteiger partial charge in [0.25, 0.3) is 0 Å².